The smallest absolute Gasteiger partial charge is 0.126 e. The Morgan fingerprint density at radius 2 is 2.00 bits per heavy atom. The Bertz CT molecular complexity index is 276. The second-order valence-corrected chi connectivity index (χ2v) is 3.43. The van der Waals surface area contributed by atoms with Gasteiger partial charge in [-0.25, -0.2) is 4.39 Å². The molecule has 1 aromatic rings. The van der Waals surface area contributed by atoms with Crippen molar-refractivity contribution in [3.05, 3.63) is 35.6 Å². The van der Waals surface area contributed by atoms with Gasteiger partial charge in [0, 0.05) is 19.6 Å². The van der Waals surface area contributed by atoms with Gasteiger partial charge in [0.2, 0.25) is 0 Å². The van der Waals surface area contributed by atoms with Gasteiger partial charge in [0.05, 0.1) is 0 Å². The number of benzene rings is 1. The van der Waals surface area contributed by atoms with E-state index in [9.17, 15) is 4.39 Å². The maximum atomic E-state index is 13.2. The second kappa shape index (κ2) is 5.73. The fourth-order valence-corrected chi connectivity index (χ4v) is 1.34. The summed E-state index contributed by atoms with van der Waals surface area (Å²) in [4.78, 5) is 2.10. The monoisotopic (exact) mass is 196 g/mol. The van der Waals surface area contributed by atoms with Crippen LogP contribution in [0.1, 0.15) is 5.56 Å². The van der Waals surface area contributed by atoms with Crippen molar-refractivity contribution in [1.29, 1.82) is 0 Å². The standard InChI is InChI=1S/C11H17FN2/c1-14(9-7-13)8-6-10-4-2-3-5-11(10)12/h2-5H,6-9,13H2,1H3. The molecule has 3 heteroatoms. The van der Waals surface area contributed by atoms with Crippen molar-refractivity contribution in [2.24, 2.45) is 5.73 Å². The van der Waals surface area contributed by atoms with E-state index >= 15 is 0 Å². The minimum absolute atomic E-state index is 0.117. The van der Waals surface area contributed by atoms with Crippen LogP contribution in [0, 0.1) is 5.82 Å². The average molecular weight is 196 g/mol. The Labute approximate surface area is 84.5 Å². The molecular formula is C11H17FN2. The summed E-state index contributed by atoms with van der Waals surface area (Å²) in [5.41, 5.74) is 6.19. The SMILES string of the molecule is CN(CCN)CCc1ccccc1F. The number of likely N-dealkylation sites (N-methyl/N-ethyl adjacent to an activating group) is 1. The van der Waals surface area contributed by atoms with Crippen LogP contribution in [-0.2, 0) is 6.42 Å². The second-order valence-electron chi connectivity index (χ2n) is 3.43. The molecule has 0 atom stereocenters. The summed E-state index contributed by atoms with van der Waals surface area (Å²) in [6, 6.07) is 6.90. The van der Waals surface area contributed by atoms with E-state index in [0.29, 0.717) is 6.54 Å². The third kappa shape index (κ3) is 3.44. The molecule has 0 aliphatic heterocycles. The van der Waals surface area contributed by atoms with Gasteiger partial charge in [-0.2, -0.15) is 0 Å². The summed E-state index contributed by atoms with van der Waals surface area (Å²) in [7, 11) is 1.99. The van der Waals surface area contributed by atoms with Crippen molar-refractivity contribution in [3.8, 4) is 0 Å². The van der Waals surface area contributed by atoms with Gasteiger partial charge in [0.1, 0.15) is 5.82 Å². The summed E-state index contributed by atoms with van der Waals surface area (Å²) in [6.07, 6.45) is 0.739. The third-order valence-corrected chi connectivity index (χ3v) is 2.23. The number of hydrogen-bond acceptors (Lipinski definition) is 2. The number of halogens is 1. The predicted octanol–water partition coefficient (Wildman–Crippen LogP) is 1.26. The van der Waals surface area contributed by atoms with E-state index in [1.165, 1.54) is 6.07 Å². The first-order chi connectivity index (χ1) is 6.74. The Hall–Kier alpha value is -0.930. The number of nitrogens with two attached hydrogens (primary N) is 1. The van der Waals surface area contributed by atoms with Gasteiger partial charge >= 0.3 is 0 Å². The minimum atomic E-state index is -0.117. The van der Waals surface area contributed by atoms with Gasteiger partial charge in [-0.15, -0.1) is 0 Å². The highest BCUT2D eigenvalue weighted by Crippen LogP contribution is 2.07. The van der Waals surface area contributed by atoms with E-state index in [0.717, 1.165) is 25.1 Å². The van der Waals surface area contributed by atoms with Gasteiger partial charge in [-0.05, 0) is 25.1 Å². The molecular weight excluding hydrogens is 179 g/mol. The molecule has 78 valence electrons. The van der Waals surface area contributed by atoms with E-state index in [4.69, 9.17) is 5.73 Å². The highest BCUT2D eigenvalue weighted by Gasteiger charge is 2.02. The summed E-state index contributed by atoms with van der Waals surface area (Å²) >= 11 is 0. The zero-order valence-corrected chi connectivity index (χ0v) is 8.54. The Balaban J connectivity index is 2.41. The first-order valence-electron chi connectivity index (χ1n) is 4.86. The molecule has 2 nitrogen and oxygen atoms in total. The number of nitrogens with zero attached hydrogens (tertiary/aromatic N) is 1. The molecule has 0 aliphatic carbocycles. The lowest BCUT2D eigenvalue weighted by Gasteiger charge is -2.15. The molecule has 1 rings (SSSR count). The Morgan fingerprint density at radius 3 is 2.64 bits per heavy atom. The van der Waals surface area contributed by atoms with E-state index in [1.807, 2.05) is 19.2 Å². The van der Waals surface area contributed by atoms with E-state index < -0.39 is 0 Å². The third-order valence-electron chi connectivity index (χ3n) is 2.23. The Kier molecular flexibility index (Phi) is 4.56. The van der Waals surface area contributed by atoms with Crippen molar-refractivity contribution in [1.82, 2.24) is 4.90 Å². The van der Waals surface area contributed by atoms with Crippen molar-refractivity contribution < 1.29 is 4.39 Å². The maximum Gasteiger partial charge on any atom is 0.126 e. The van der Waals surface area contributed by atoms with Crippen LogP contribution in [0.15, 0.2) is 24.3 Å². The molecule has 0 amide bonds. The maximum absolute atomic E-state index is 13.2. The molecule has 0 saturated heterocycles. The van der Waals surface area contributed by atoms with Crippen molar-refractivity contribution in [2.45, 2.75) is 6.42 Å². The van der Waals surface area contributed by atoms with Crippen molar-refractivity contribution in [3.63, 3.8) is 0 Å². The molecule has 0 radical (unpaired) electrons. The molecule has 14 heavy (non-hydrogen) atoms. The molecule has 0 unspecified atom stereocenters. The molecule has 0 heterocycles. The quantitative estimate of drug-likeness (QED) is 0.768. The van der Waals surface area contributed by atoms with Gasteiger partial charge < -0.3 is 10.6 Å². The largest absolute Gasteiger partial charge is 0.329 e. The van der Waals surface area contributed by atoms with Crippen LogP contribution < -0.4 is 5.73 Å². The van der Waals surface area contributed by atoms with Crippen LogP contribution in [0.4, 0.5) is 4.39 Å². The van der Waals surface area contributed by atoms with Crippen molar-refractivity contribution in [2.75, 3.05) is 26.7 Å². The van der Waals surface area contributed by atoms with Gasteiger partial charge in [-0.3, -0.25) is 0 Å². The van der Waals surface area contributed by atoms with E-state index in [2.05, 4.69) is 4.90 Å². The summed E-state index contributed by atoms with van der Waals surface area (Å²) < 4.78 is 13.2. The topological polar surface area (TPSA) is 29.3 Å². The van der Waals surface area contributed by atoms with Gasteiger partial charge in [0.15, 0.2) is 0 Å². The van der Waals surface area contributed by atoms with Crippen LogP contribution in [0.2, 0.25) is 0 Å². The Morgan fingerprint density at radius 1 is 1.29 bits per heavy atom. The highest BCUT2D eigenvalue weighted by atomic mass is 19.1. The molecule has 0 aliphatic rings. The molecule has 0 aromatic heterocycles. The molecule has 0 saturated carbocycles. The summed E-state index contributed by atoms with van der Waals surface area (Å²) in [5, 5.41) is 0. The molecule has 0 spiro atoms. The normalized spacial score (nSPS) is 10.9. The molecule has 1 aromatic carbocycles. The van der Waals surface area contributed by atoms with E-state index in [1.54, 1.807) is 6.07 Å². The lowest BCUT2D eigenvalue weighted by molar-refractivity contribution is 0.346. The highest BCUT2D eigenvalue weighted by molar-refractivity contribution is 5.17. The summed E-state index contributed by atoms with van der Waals surface area (Å²) in [6.45, 7) is 2.35. The van der Waals surface area contributed by atoms with Crippen LogP contribution >= 0.6 is 0 Å². The van der Waals surface area contributed by atoms with E-state index in [-0.39, 0.29) is 5.82 Å². The number of hydrogen-bond donors (Lipinski definition) is 1. The lowest BCUT2D eigenvalue weighted by atomic mass is 10.1. The lowest BCUT2D eigenvalue weighted by Crippen LogP contribution is -2.27. The minimum Gasteiger partial charge on any atom is -0.329 e. The molecule has 0 bridgehead atoms. The van der Waals surface area contributed by atoms with Crippen LogP contribution in [0.25, 0.3) is 0 Å². The first-order valence-corrected chi connectivity index (χ1v) is 4.86. The van der Waals surface area contributed by atoms with Gasteiger partial charge in [0.25, 0.3) is 0 Å². The van der Waals surface area contributed by atoms with Crippen molar-refractivity contribution >= 4 is 0 Å². The zero-order chi connectivity index (χ0) is 10.4. The molecule has 0 fully saturated rings. The predicted molar refractivity (Wildman–Crippen MR) is 56.7 cm³/mol. The molecule has 2 N–H and O–H groups in total. The van der Waals surface area contributed by atoms with Crippen LogP contribution in [0.5, 0.6) is 0 Å². The fourth-order valence-electron chi connectivity index (χ4n) is 1.34. The van der Waals surface area contributed by atoms with Crippen LogP contribution in [0.3, 0.4) is 0 Å². The first kappa shape index (κ1) is 11.1. The number of rotatable bonds is 5. The van der Waals surface area contributed by atoms with Gasteiger partial charge in [-0.1, -0.05) is 18.2 Å². The van der Waals surface area contributed by atoms with Crippen LogP contribution in [-0.4, -0.2) is 31.6 Å². The average Bonchev–Trinajstić information content (AvgIpc) is 2.17. The summed E-state index contributed by atoms with van der Waals surface area (Å²) in [5.74, 6) is -0.117. The fraction of sp³-hybridized carbons (Fsp3) is 0.455. The zero-order valence-electron chi connectivity index (χ0n) is 8.54.